The van der Waals surface area contributed by atoms with Crippen molar-refractivity contribution in [2.45, 2.75) is 6.92 Å². The van der Waals surface area contributed by atoms with E-state index in [2.05, 4.69) is 5.32 Å². The van der Waals surface area contributed by atoms with Crippen LogP contribution < -0.4 is 16.3 Å². The van der Waals surface area contributed by atoms with E-state index in [0.717, 1.165) is 5.56 Å². The summed E-state index contributed by atoms with van der Waals surface area (Å²) in [5.41, 5.74) is 1.76. The predicted molar refractivity (Wildman–Crippen MR) is 76.2 cm³/mol. The maximum absolute atomic E-state index is 12.1. The standard InChI is InChI=1S/C14H13BN2O2/c1-9-11(15)6-3-7-12(9)16-13(18)10-5-4-8-17(2)14(10)19/h3-8H,1-2H3,(H,16,18). The van der Waals surface area contributed by atoms with Crippen molar-refractivity contribution in [2.75, 3.05) is 5.32 Å². The van der Waals surface area contributed by atoms with Gasteiger partial charge in [-0.05, 0) is 30.7 Å². The zero-order valence-electron chi connectivity index (χ0n) is 10.8. The summed E-state index contributed by atoms with van der Waals surface area (Å²) in [6, 6.07) is 8.41. The molecular weight excluding hydrogens is 239 g/mol. The Balaban J connectivity index is 2.34. The molecule has 0 atom stereocenters. The summed E-state index contributed by atoms with van der Waals surface area (Å²) >= 11 is 0. The van der Waals surface area contributed by atoms with E-state index < -0.39 is 5.91 Å². The predicted octanol–water partition coefficient (Wildman–Crippen LogP) is 0.740. The van der Waals surface area contributed by atoms with Gasteiger partial charge in [-0.15, -0.1) is 0 Å². The van der Waals surface area contributed by atoms with Crippen LogP contribution in [-0.4, -0.2) is 18.3 Å². The largest absolute Gasteiger partial charge is 0.322 e. The summed E-state index contributed by atoms with van der Waals surface area (Å²) in [6.45, 7) is 1.81. The summed E-state index contributed by atoms with van der Waals surface area (Å²) in [6.07, 6.45) is 1.60. The van der Waals surface area contributed by atoms with Crippen LogP contribution in [-0.2, 0) is 7.05 Å². The lowest BCUT2D eigenvalue weighted by Gasteiger charge is -2.10. The lowest BCUT2D eigenvalue weighted by Crippen LogP contribution is -2.27. The molecule has 0 aliphatic carbocycles. The quantitative estimate of drug-likeness (QED) is 0.801. The monoisotopic (exact) mass is 252 g/mol. The lowest BCUT2D eigenvalue weighted by atomic mass is 9.90. The third kappa shape index (κ3) is 2.60. The van der Waals surface area contributed by atoms with Gasteiger partial charge in [0.25, 0.3) is 11.5 Å². The highest BCUT2D eigenvalue weighted by Gasteiger charge is 2.12. The summed E-state index contributed by atoms with van der Waals surface area (Å²) in [5, 5.41) is 2.70. The van der Waals surface area contributed by atoms with Crippen LogP contribution in [0.1, 0.15) is 15.9 Å². The molecule has 94 valence electrons. The third-order valence-electron chi connectivity index (χ3n) is 2.99. The van der Waals surface area contributed by atoms with Gasteiger partial charge in [-0.3, -0.25) is 9.59 Å². The number of hydrogen-bond donors (Lipinski definition) is 1. The van der Waals surface area contributed by atoms with Crippen LogP contribution in [0.2, 0.25) is 0 Å². The fourth-order valence-electron chi connectivity index (χ4n) is 1.75. The van der Waals surface area contributed by atoms with Gasteiger partial charge < -0.3 is 9.88 Å². The molecule has 0 saturated heterocycles. The first-order valence-corrected chi connectivity index (χ1v) is 5.83. The minimum absolute atomic E-state index is 0.104. The van der Waals surface area contributed by atoms with Crippen LogP contribution in [0.5, 0.6) is 0 Å². The van der Waals surface area contributed by atoms with Gasteiger partial charge in [0.1, 0.15) is 13.4 Å². The fraction of sp³-hybridized carbons (Fsp3) is 0.143. The van der Waals surface area contributed by atoms with E-state index in [-0.39, 0.29) is 11.1 Å². The highest BCUT2D eigenvalue weighted by Crippen LogP contribution is 2.11. The van der Waals surface area contributed by atoms with Crippen LogP contribution >= 0.6 is 0 Å². The van der Waals surface area contributed by atoms with Crippen LogP contribution in [0.4, 0.5) is 5.69 Å². The van der Waals surface area contributed by atoms with Crippen LogP contribution in [0.25, 0.3) is 0 Å². The van der Waals surface area contributed by atoms with E-state index in [4.69, 9.17) is 7.85 Å². The number of amides is 1. The lowest BCUT2D eigenvalue weighted by molar-refractivity contribution is 0.102. The number of benzene rings is 1. The van der Waals surface area contributed by atoms with Crippen LogP contribution in [0, 0.1) is 6.92 Å². The zero-order valence-corrected chi connectivity index (χ0v) is 10.8. The van der Waals surface area contributed by atoms with Crippen molar-refractivity contribution in [2.24, 2.45) is 7.05 Å². The topological polar surface area (TPSA) is 51.1 Å². The maximum atomic E-state index is 12.1. The van der Waals surface area contributed by atoms with Gasteiger partial charge in [0.05, 0.1) is 0 Å². The second-order valence-corrected chi connectivity index (χ2v) is 4.31. The maximum Gasteiger partial charge on any atom is 0.263 e. The second-order valence-electron chi connectivity index (χ2n) is 4.31. The first-order valence-electron chi connectivity index (χ1n) is 5.83. The molecule has 2 rings (SSSR count). The molecule has 4 nitrogen and oxygen atoms in total. The molecular formula is C14H13BN2O2. The Morgan fingerprint density at radius 3 is 2.74 bits per heavy atom. The molecule has 19 heavy (non-hydrogen) atoms. The van der Waals surface area contributed by atoms with E-state index in [0.29, 0.717) is 11.2 Å². The Morgan fingerprint density at radius 2 is 2.00 bits per heavy atom. The number of carbonyl (C=O) groups excluding carboxylic acids is 1. The molecule has 1 aromatic heterocycles. The summed E-state index contributed by atoms with van der Waals surface area (Å²) in [5.74, 6) is -0.435. The van der Waals surface area contributed by atoms with Gasteiger partial charge in [-0.25, -0.2) is 0 Å². The number of rotatable bonds is 2. The number of aryl methyl sites for hydroxylation is 1. The number of nitrogens with zero attached hydrogens (tertiary/aromatic N) is 1. The molecule has 0 bridgehead atoms. The molecule has 0 aliphatic heterocycles. The van der Waals surface area contributed by atoms with Crippen molar-refractivity contribution < 1.29 is 4.79 Å². The number of anilines is 1. The molecule has 5 heteroatoms. The Morgan fingerprint density at radius 1 is 1.26 bits per heavy atom. The fourth-order valence-corrected chi connectivity index (χ4v) is 1.75. The smallest absolute Gasteiger partial charge is 0.263 e. The minimum atomic E-state index is -0.435. The summed E-state index contributed by atoms with van der Waals surface area (Å²) in [7, 11) is 7.37. The molecule has 0 aliphatic rings. The Bertz CT molecular complexity index is 692. The van der Waals surface area contributed by atoms with Gasteiger partial charge in [0.2, 0.25) is 0 Å². The van der Waals surface area contributed by atoms with Gasteiger partial charge in [-0.2, -0.15) is 0 Å². The molecule has 0 spiro atoms. The molecule has 1 aromatic carbocycles. The van der Waals surface area contributed by atoms with Crippen molar-refractivity contribution in [3.63, 3.8) is 0 Å². The average molecular weight is 252 g/mol. The first kappa shape index (κ1) is 13.1. The summed E-state index contributed by atoms with van der Waals surface area (Å²) in [4.78, 5) is 23.9. The van der Waals surface area contributed by atoms with Crippen LogP contribution in [0.15, 0.2) is 41.3 Å². The van der Waals surface area contributed by atoms with Gasteiger partial charge in [-0.1, -0.05) is 17.6 Å². The number of pyridine rings is 1. The van der Waals surface area contributed by atoms with Gasteiger partial charge >= 0.3 is 0 Å². The van der Waals surface area contributed by atoms with E-state index in [1.54, 1.807) is 37.5 Å². The number of carbonyl (C=O) groups is 1. The Kier molecular flexibility index (Phi) is 3.56. The van der Waals surface area contributed by atoms with Gasteiger partial charge in [0, 0.05) is 18.9 Å². The number of aromatic nitrogens is 1. The zero-order chi connectivity index (χ0) is 14.0. The Hall–Kier alpha value is -2.30. The molecule has 2 aromatic rings. The molecule has 1 N–H and O–H groups in total. The average Bonchev–Trinajstić information content (AvgIpc) is 2.38. The molecule has 2 radical (unpaired) electrons. The number of nitrogens with one attached hydrogen (secondary N) is 1. The Labute approximate surface area is 112 Å². The van der Waals surface area contributed by atoms with E-state index in [1.165, 1.54) is 10.6 Å². The van der Waals surface area contributed by atoms with Crippen molar-refractivity contribution in [3.05, 3.63) is 58.0 Å². The highest BCUT2D eigenvalue weighted by molar-refractivity contribution is 6.33. The molecule has 1 amide bonds. The highest BCUT2D eigenvalue weighted by atomic mass is 16.2. The summed E-state index contributed by atoms with van der Waals surface area (Å²) < 4.78 is 1.36. The van der Waals surface area contributed by atoms with Crippen molar-refractivity contribution in [1.82, 2.24) is 4.57 Å². The van der Waals surface area contributed by atoms with Crippen molar-refractivity contribution >= 4 is 24.9 Å². The van der Waals surface area contributed by atoms with Crippen molar-refractivity contribution in [3.8, 4) is 0 Å². The third-order valence-corrected chi connectivity index (χ3v) is 2.99. The van der Waals surface area contributed by atoms with Crippen molar-refractivity contribution in [1.29, 1.82) is 0 Å². The molecule has 0 fully saturated rings. The van der Waals surface area contributed by atoms with E-state index in [1.807, 2.05) is 6.92 Å². The first-order chi connectivity index (χ1) is 9.00. The molecule has 0 saturated carbocycles. The minimum Gasteiger partial charge on any atom is -0.322 e. The SMILES string of the molecule is [B]c1cccc(NC(=O)c2cccn(C)c2=O)c1C. The van der Waals surface area contributed by atoms with Crippen LogP contribution in [0.3, 0.4) is 0 Å². The van der Waals surface area contributed by atoms with E-state index >= 15 is 0 Å². The van der Waals surface area contributed by atoms with E-state index in [9.17, 15) is 9.59 Å². The normalized spacial score (nSPS) is 10.2. The molecule has 0 unspecified atom stereocenters. The number of hydrogen-bond acceptors (Lipinski definition) is 2. The molecule has 1 heterocycles. The van der Waals surface area contributed by atoms with Gasteiger partial charge in [0.15, 0.2) is 0 Å². The second kappa shape index (κ2) is 5.14.